The van der Waals surface area contributed by atoms with Gasteiger partial charge in [-0.05, 0) is 66.8 Å². The minimum atomic E-state index is -0.387. The Kier molecular flexibility index (Phi) is 10.2. The van der Waals surface area contributed by atoms with E-state index in [1.807, 2.05) is 24.3 Å². The van der Waals surface area contributed by atoms with Crippen LogP contribution < -0.4 is 19.5 Å². The molecule has 2 atom stereocenters. The lowest BCUT2D eigenvalue weighted by Gasteiger charge is -2.44. The molecule has 0 aromatic heterocycles. The zero-order chi connectivity index (χ0) is 33.2. The summed E-state index contributed by atoms with van der Waals surface area (Å²) in [6.07, 6.45) is 2.27. The molecule has 0 radical (unpaired) electrons. The van der Waals surface area contributed by atoms with Gasteiger partial charge in [0.15, 0.2) is 0 Å². The molecule has 6 rings (SSSR count). The molecule has 2 bridgehead atoms. The molecule has 2 fully saturated rings. The molecular weight excluding hydrogens is 668 g/mol. The van der Waals surface area contributed by atoms with Crippen LogP contribution in [0.5, 0.6) is 17.2 Å². The number of amides is 2. The van der Waals surface area contributed by atoms with Crippen molar-refractivity contribution in [2.45, 2.75) is 50.9 Å². The highest BCUT2D eigenvalue weighted by Gasteiger charge is 2.43. The Morgan fingerprint density at radius 2 is 1.64 bits per heavy atom. The fourth-order valence-electron chi connectivity index (χ4n) is 6.19. The van der Waals surface area contributed by atoms with Crippen LogP contribution in [0.1, 0.15) is 37.3 Å². The molecule has 8 nitrogen and oxygen atoms in total. The van der Waals surface area contributed by atoms with Gasteiger partial charge in [-0.25, -0.2) is 4.39 Å². The van der Waals surface area contributed by atoms with Crippen LogP contribution in [0.2, 0.25) is 15.1 Å². The standard InChI is InChI=1S/C35H35Cl3FN3O5/c1-20(43)41-18-23-14-27(21-3-7-25(8-4-21)46-11-12-47-33-16-29(37)28(36)15-30(33)38)34(32(19-41)40-23)35(44)42(24-5-6-24)17-22-13-26(45-2)9-10-31(22)39/h3-4,7-10,13,15-16,23-24,32,40H,5-6,11-12,14,17-19H2,1-2H3. The van der Waals surface area contributed by atoms with E-state index in [4.69, 9.17) is 49.0 Å². The van der Waals surface area contributed by atoms with Crippen molar-refractivity contribution in [3.63, 3.8) is 0 Å². The van der Waals surface area contributed by atoms with Gasteiger partial charge in [-0.15, -0.1) is 0 Å². The monoisotopic (exact) mass is 701 g/mol. The van der Waals surface area contributed by atoms with E-state index in [9.17, 15) is 14.0 Å². The zero-order valence-electron chi connectivity index (χ0n) is 26.0. The first-order valence-electron chi connectivity index (χ1n) is 15.5. The number of carbonyl (C=O) groups excluding carboxylic acids is 2. The summed E-state index contributed by atoms with van der Waals surface area (Å²) in [6, 6.07) is 14.9. The minimum Gasteiger partial charge on any atom is -0.497 e. The predicted octanol–water partition coefficient (Wildman–Crippen LogP) is 6.79. The number of carbonyl (C=O) groups is 2. The number of fused-ring (bicyclic) bond motifs is 2. The molecule has 2 unspecified atom stereocenters. The largest absolute Gasteiger partial charge is 0.497 e. The van der Waals surface area contributed by atoms with E-state index in [1.54, 1.807) is 34.9 Å². The molecule has 0 spiro atoms. The van der Waals surface area contributed by atoms with Crippen molar-refractivity contribution in [1.29, 1.82) is 0 Å². The summed E-state index contributed by atoms with van der Waals surface area (Å²) < 4.78 is 31.9. The lowest BCUT2D eigenvalue weighted by atomic mass is 9.82. The number of hydrogen-bond acceptors (Lipinski definition) is 6. The van der Waals surface area contributed by atoms with E-state index >= 15 is 0 Å². The summed E-state index contributed by atoms with van der Waals surface area (Å²) >= 11 is 18.3. The second-order valence-electron chi connectivity index (χ2n) is 12.0. The number of nitrogens with zero attached hydrogens (tertiary/aromatic N) is 2. The third-order valence-corrected chi connectivity index (χ3v) is 9.73. The minimum absolute atomic E-state index is 0.00401. The van der Waals surface area contributed by atoms with Crippen LogP contribution in [0.15, 0.2) is 60.2 Å². The Bertz CT molecular complexity index is 1700. The Hall–Kier alpha value is -3.50. The van der Waals surface area contributed by atoms with Gasteiger partial charge in [0.25, 0.3) is 5.91 Å². The number of piperazine rings is 1. The molecule has 47 heavy (non-hydrogen) atoms. The molecule has 12 heteroatoms. The number of halogens is 4. The van der Waals surface area contributed by atoms with Crippen molar-refractivity contribution >= 4 is 52.2 Å². The van der Waals surface area contributed by atoms with Crippen molar-refractivity contribution < 1.29 is 28.2 Å². The van der Waals surface area contributed by atoms with E-state index in [0.717, 1.165) is 24.0 Å². The number of hydrogen-bond donors (Lipinski definition) is 1. The van der Waals surface area contributed by atoms with Crippen molar-refractivity contribution in [3.05, 3.63) is 92.2 Å². The van der Waals surface area contributed by atoms with Gasteiger partial charge in [-0.3, -0.25) is 9.59 Å². The highest BCUT2D eigenvalue weighted by atomic mass is 35.5. The Labute approximate surface area is 288 Å². The highest BCUT2D eigenvalue weighted by Crippen LogP contribution is 2.38. The Balaban J connectivity index is 1.23. The van der Waals surface area contributed by atoms with Crippen LogP contribution in [0.4, 0.5) is 4.39 Å². The number of nitrogens with one attached hydrogen (secondary N) is 1. The lowest BCUT2D eigenvalue weighted by molar-refractivity contribution is -0.132. The van der Waals surface area contributed by atoms with Crippen LogP contribution in [0, 0.1) is 5.82 Å². The fourth-order valence-corrected chi connectivity index (χ4v) is 6.78. The maximum atomic E-state index is 14.9. The van der Waals surface area contributed by atoms with Gasteiger partial charge in [0.2, 0.25) is 5.91 Å². The fraction of sp³-hybridized carbons (Fsp3) is 0.371. The van der Waals surface area contributed by atoms with Gasteiger partial charge in [-0.1, -0.05) is 46.9 Å². The maximum absolute atomic E-state index is 14.9. The number of benzene rings is 3. The first kappa shape index (κ1) is 33.4. The molecule has 2 heterocycles. The van der Waals surface area contributed by atoms with Crippen molar-refractivity contribution in [2.24, 2.45) is 0 Å². The van der Waals surface area contributed by atoms with Crippen LogP contribution in [0.25, 0.3) is 5.57 Å². The molecule has 3 aromatic rings. The Morgan fingerprint density at radius 3 is 2.34 bits per heavy atom. The second kappa shape index (κ2) is 14.3. The molecular formula is C35H35Cl3FN3O5. The summed E-state index contributed by atoms with van der Waals surface area (Å²) in [5.41, 5.74) is 2.83. The van der Waals surface area contributed by atoms with E-state index in [-0.39, 0.29) is 55.5 Å². The molecule has 2 amide bonds. The van der Waals surface area contributed by atoms with Crippen LogP contribution in [-0.4, -0.2) is 73.2 Å². The quantitative estimate of drug-likeness (QED) is 0.175. The number of ether oxygens (including phenoxy) is 3. The Morgan fingerprint density at radius 1 is 0.936 bits per heavy atom. The molecule has 2 aliphatic heterocycles. The highest BCUT2D eigenvalue weighted by molar-refractivity contribution is 6.43. The third-order valence-electron chi connectivity index (χ3n) is 8.71. The van der Waals surface area contributed by atoms with Crippen molar-refractivity contribution in [3.8, 4) is 17.2 Å². The van der Waals surface area contributed by atoms with Gasteiger partial charge in [0.1, 0.15) is 36.3 Å². The average Bonchev–Trinajstić information content (AvgIpc) is 3.90. The van der Waals surface area contributed by atoms with E-state index in [2.05, 4.69) is 5.32 Å². The van der Waals surface area contributed by atoms with Crippen molar-refractivity contribution in [1.82, 2.24) is 15.1 Å². The maximum Gasteiger partial charge on any atom is 0.252 e. The summed E-state index contributed by atoms with van der Waals surface area (Å²) in [4.78, 5) is 30.5. The third kappa shape index (κ3) is 7.64. The topological polar surface area (TPSA) is 80.3 Å². The summed E-state index contributed by atoms with van der Waals surface area (Å²) in [5.74, 6) is 1.02. The van der Waals surface area contributed by atoms with Crippen LogP contribution in [0.3, 0.4) is 0 Å². The first-order chi connectivity index (χ1) is 22.6. The second-order valence-corrected chi connectivity index (χ2v) is 13.2. The lowest BCUT2D eigenvalue weighted by Crippen LogP contribution is -2.61. The van der Waals surface area contributed by atoms with E-state index in [1.165, 1.54) is 19.2 Å². The zero-order valence-corrected chi connectivity index (χ0v) is 28.3. The van der Waals surface area contributed by atoms with Gasteiger partial charge in [0.05, 0.1) is 28.2 Å². The molecule has 1 aliphatic carbocycles. The summed E-state index contributed by atoms with van der Waals surface area (Å²) in [5, 5.41) is 4.64. The summed E-state index contributed by atoms with van der Waals surface area (Å²) in [6.45, 7) is 3.11. The smallest absolute Gasteiger partial charge is 0.252 e. The number of rotatable bonds is 11. The predicted molar refractivity (Wildman–Crippen MR) is 180 cm³/mol. The van der Waals surface area contributed by atoms with Gasteiger partial charge in [-0.2, -0.15) is 0 Å². The van der Waals surface area contributed by atoms with Gasteiger partial charge < -0.3 is 29.3 Å². The molecule has 248 valence electrons. The molecule has 1 N–H and O–H groups in total. The average molecular weight is 703 g/mol. The molecule has 1 saturated carbocycles. The van der Waals surface area contributed by atoms with Gasteiger partial charge >= 0.3 is 0 Å². The van der Waals surface area contributed by atoms with E-state index in [0.29, 0.717) is 63.0 Å². The summed E-state index contributed by atoms with van der Waals surface area (Å²) in [7, 11) is 1.53. The normalized spacial score (nSPS) is 19.0. The van der Waals surface area contributed by atoms with Crippen LogP contribution in [-0.2, 0) is 16.1 Å². The number of methoxy groups -OCH3 is 1. The van der Waals surface area contributed by atoms with Gasteiger partial charge in [0, 0.05) is 55.8 Å². The molecule has 3 aromatic carbocycles. The van der Waals surface area contributed by atoms with E-state index < -0.39 is 0 Å². The SMILES string of the molecule is COc1ccc(F)c(CN(C(=O)C2=C(c3ccc(OCCOc4cc(Cl)c(Cl)cc4Cl)cc3)CC3CN(C(C)=O)CC2N3)C2CC2)c1. The first-order valence-corrected chi connectivity index (χ1v) is 16.6. The molecule has 1 saturated heterocycles. The van der Waals surface area contributed by atoms with Crippen LogP contribution >= 0.6 is 34.8 Å². The molecule has 3 aliphatic rings. The van der Waals surface area contributed by atoms with Crippen molar-refractivity contribution in [2.75, 3.05) is 33.4 Å².